The Morgan fingerprint density at radius 2 is 1.02 bits per heavy atom. The average molecular weight is 770 g/mol. The maximum absolute atomic E-state index is 5.33. The van der Waals surface area contributed by atoms with Crippen molar-refractivity contribution >= 4 is 65.3 Å². The van der Waals surface area contributed by atoms with E-state index in [9.17, 15) is 0 Å². The molecule has 11 nitrogen and oxygen atoms in total. The van der Waals surface area contributed by atoms with E-state index in [-0.39, 0.29) is 0 Å². The van der Waals surface area contributed by atoms with Crippen LogP contribution in [0.25, 0.3) is 122 Å². The first-order chi connectivity index (χ1) is 29.8. The average Bonchev–Trinajstić information content (AvgIpc) is 3.32. The number of hydrogen-bond donors (Lipinski definition) is 0. The van der Waals surface area contributed by atoms with Gasteiger partial charge in [-0.15, -0.1) is 15.3 Å². The molecular weight excluding hydrogens is 743 g/mol. The molecule has 0 fully saturated rings. The van der Waals surface area contributed by atoms with Crippen LogP contribution < -0.4 is 0 Å². The summed E-state index contributed by atoms with van der Waals surface area (Å²) in [5, 5.41) is 30.0. The fourth-order valence-electron chi connectivity index (χ4n) is 8.27. The molecule has 0 aliphatic heterocycles. The summed E-state index contributed by atoms with van der Waals surface area (Å²) in [7, 11) is 0. The Morgan fingerprint density at radius 3 is 1.87 bits per heavy atom. The van der Waals surface area contributed by atoms with Crippen LogP contribution in [0.5, 0.6) is 0 Å². The highest BCUT2D eigenvalue weighted by Crippen LogP contribution is 2.52. The zero-order valence-electron chi connectivity index (χ0n) is 31.5. The van der Waals surface area contributed by atoms with Crippen LogP contribution in [0.3, 0.4) is 0 Å². The fraction of sp³-hybridized carbons (Fsp3) is 0. The molecule has 0 saturated carbocycles. The molecule has 0 aliphatic carbocycles. The minimum atomic E-state index is 0.368. The molecule has 12 aromatic rings. The Balaban J connectivity index is 1.37. The van der Waals surface area contributed by atoms with Crippen molar-refractivity contribution in [1.82, 2.24) is 55.5 Å². The first-order valence-corrected chi connectivity index (χ1v) is 19.4. The van der Waals surface area contributed by atoms with E-state index < -0.39 is 0 Å². The van der Waals surface area contributed by atoms with Gasteiger partial charge in [0.25, 0.3) is 0 Å². The minimum Gasteiger partial charge on any atom is -0.256 e. The van der Waals surface area contributed by atoms with E-state index in [1.165, 1.54) is 0 Å². The number of pyridine rings is 2. The topological polar surface area (TPSA) is 142 Å². The van der Waals surface area contributed by atoms with Crippen molar-refractivity contribution in [3.8, 4) is 56.5 Å². The van der Waals surface area contributed by atoms with Gasteiger partial charge in [-0.05, 0) is 47.0 Å². The zero-order valence-corrected chi connectivity index (χ0v) is 31.5. The van der Waals surface area contributed by atoms with Crippen LogP contribution in [0, 0.1) is 0 Å². The monoisotopic (exact) mass is 769 g/mol. The molecule has 0 atom stereocenters. The largest absolute Gasteiger partial charge is 0.256 e. The molecule has 11 heteroatoms. The van der Waals surface area contributed by atoms with Crippen molar-refractivity contribution in [3.63, 3.8) is 0 Å². The smallest absolute Gasteiger partial charge is 0.181 e. The second kappa shape index (κ2) is 13.5. The molecule has 0 N–H and O–H groups in total. The molecule has 12 rings (SSSR count). The van der Waals surface area contributed by atoms with E-state index in [1.54, 1.807) is 18.6 Å². The summed E-state index contributed by atoms with van der Waals surface area (Å²) in [4.78, 5) is 30.8. The van der Waals surface area contributed by atoms with Gasteiger partial charge in [0, 0.05) is 67.0 Å². The summed E-state index contributed by atoms with van der Waals surface area (Å²) in [5.41, 5.74) is 9.21. The number of nitrogens with zero attached hydrogens (tertiary/aromatic N) is 11. The highest BCUT2D eigenvalue weighted by atomic mass is 15.3. The van der Waals surface area contributed by atoms with Crippen LogP contribution in [-0.4, -0.2) is 55.5 Å². The third-order valence-electron chi connectivity index (χ3n) is 11.0. The number of benzene rings is 6. The van der Waals surface area contributed by atoms with E-state index in [2.05, 4.69) is 40.6 Å². The maximum Gasteiger partial charge on any atom is 0.181 e. The van der Waals surface area contributed by atoms with Crippen molar-refractivity contribution in [1.29, 1.82) is 0 Å². The van der Waals surface area contributed by atoms with Crippen LogP contribution in [0.4, 0.5) is 0 Å². The first-order valence-electron chi connectivity index (χ1n) is 19.4. The lowest BCUT2D eigenvalue weighted by atomic mass is 9.82. The van der Waals surface area contributed by atoms with Gasteiger partial charge in [-0.2, -0.15) is 5.10 Å². The number of aromatic nitrogens is 11. The molecule has 0 bridgehead atoms. The van der Waals surface area contributed by atoms with Gasteiger partial charge in [-0.3, -0.25) is 9.97 Å². The molecule has 278 valence electrons. The Hall–Kier alpha value is -8.57. The Bertz CT molecular complexity index is 3690. The van der Waals surface area contributed by atoms with Crippen molar-refractivity contribution in [2.24, 2.45) is 0 Å². The summed E-state index contributed by atoms with van der Waals surface area (Å²) in [6.45, 7) is 0. The fourth-order valence-corrected chi connectivity index (χ4v) is 8.27. The summed E-state index contributed by atoms with van der Waals surface area (Å²) in [6.07, 6.45) is 7.20. The third-order valence-corrected chi connectivity index (χ3v) is 11.0. The van der Waals surface area contributed by atoms with Crippen molar-refractivity contribution < 1.29 is 0 Å². The zero-order chi connectivity index (χ0) is 39.6. The summed E-state index contributed by atoms with van der Waals surface area (Å²) in [5.74, 6) is 0.368. The molecule has 6 aromatic carbocycles. The minimum absolute atomic E-state index is 0.368. The molecular formula is C49H27N11. The highest BCUT2D eigenvalue weighted by molar-refractivity contribution is 6.22. The van der Waals surface area contributed by atoms with E-state index in [0.29, 0.717) is 67.4 Å². The molecule has 6 heterocycles. The Morgan fingerprint density at radius 1 is 0.350 bits per heavy atom. The lowest BCUT2D eigenvalue weighted by Crippen LogP contribution is -2.07. The highest BCUT2D eigenvalue weighted by Gasteiger charge is 2.32. The molecule has 6 aromatic heterocycles. The summed E-state index contributed by atoms with van der Waals surface area (Å²) >= 11 is 0. The van der Waals surface area contributed by atoms with Crippen LogP contribution in [-0.2, 0) is 0 Å². The quantitative estimate of drug-likeness (QED) is 0.165. The van der Waals surface area contributed by atoms with Gasteiger partial charge in [-0.1, -0.05) is 103 Å². The number of rotatable bonds is 5. The number of hydrogen-bond acceptors (Lipinski definition) is 11. The van der Waals surface area contributed by atoms with Crippen LogP contribution in [0.15, 0.2) is 164 Å². The molecule has 60 heavy (non-hydrogen) atoms. The van der Waals surface area contributed by atoms with Crippen LogP contribution >= 0.6 is 0 Å². The van der Waals surface area contributed by atoms with Crippen molar-refractivity contribution in [2.45, 2.75) is 0 Å². The predicted octanol–water partition coefficient (Wildman–Crippen LogP) is 10.3. The standard InChI is InChI=1S/C49H27N11/c1-5-15-32-28(11-1)23-24-50-45(32)43-41(38-22-21-29-12-3-7-17-34(29)54-38)47-44(48(59-60-58-47)49-52-25-31-14-4-8-18-35(31)56-49)40(39-27-51-36-19-9-10-20-37(36)55-39)42(43)46-33-16-6-2-13-30(33)26-53-57-46/h1-27H. The molecule has 0 aliphatic rings. The van der Waals surface area contributed by atoms with Gasteiger partial charge in [0.05, 0.1) is 51.5 Å². The van der Waals surface area contributed by atoms with Gasteiger partial charge in [0.2, 0.25) is 0 Å². The van der Waals surface area contributed by atoms with Crippen molar-refractivity contribution in [2.75, 3.05) is 0 Å². The molecule has 0 amide bonds. The normalized spacial score (nSPS) is 11.7. The maximum atomic E-state index is 5.33. The van der Waals surface area contributed by atoms with Crippen LogP contribution in [0.1, 0.15) is 0 Å². The second-order valence-corrected chi connectivity index (χ2v) is 14.4. The van der Waals surface area contributed by atoms with Crippen LogP contribution in [0.2, 0.25) is 0 Å². The van der Waals surface area contributed by atoms with E-state index in [4.69, 9.17) is 45.2 Å². The SMILES string of the molecule is c1ccc2nc(-c3c(-c4nccc5ccccc45)c(-c4nncc5ccccc45)c(-c4cnc5ccccc5n4)c4c(-c5ncc6ccccc6n5)nnnc34)ccc2c1. The summed E-state index contributed by atoms with van der Waals surface area (Å²) < 4.78 is 0. The predicted molar refractivity (Wildman–Crippen MR) is 234 cm³/mol. The molecule has 0 spiro atoms. The second-order valence-electron chi connectivity index (χ2n) is 14.4. The Kier molecular flexibility index (Phi) is 7.57. The lowest BCUT2D eigenvalue weighted by Gasteiger charge is -2.23. The molecule has 0 unspecified atom stereocenters. The van der Waals surface area contributed by atoms with Gasteiger partial charge in [-0.25, -0.2) is 19.9 Å². The molecule has 0 saturated heterocycles. The molecule has 0 radical (unpaired) electrons. The number of para-hydroxylation sites is 4. The number of fused-ring (bicyclic) bond motifs is 6. The third kappa shape index (κ3) is 5.33. The first kappa shape index (κ1) is 33.6. The van der Waals surface area contributed by atoms with E-state index >= 15 is 0 Å². The van der Waals surface area contributed by atoms with Gasteiger partial charge in [0.1, 0.15) is 16.9 Å². The van der Waals surface area contributed by atoms with Gasteiger partial charge >= 0.3 is 0 Å². The van der Waals surface area contributed by atoms with Crippen molar-refractivity contribution in [3.05, 3.63) is 164 Å². The van der Waals surface area contributed by atoms with E-state index in [0.717, 1.165) is 54.4 Å². The lowest BCUT2D eigenvalue weighted by molar-refractivity contribution is 0.894. The van der Waals surface area contributed by atoms with Gasteiger partial charge in [0.15, 0.2) is 5.82 Å². The summed E-state index contributed by atoms with van der Waals surface area (Å²) in [6, 6.07) is 46.1. The Labute approximate surface area is 340 Å². The van der Waals surface area contributed by atoms with E-state index in [1.807, 2.05) is 115 Å². The van der Waals surface area contributed by atoms with Gasteiger partial charge < -0.3 is 0 Å².